The molecule has 148 valence electrons. The molecule has 2 aromatic rings. The Morgan fingerprint density at radius 2 is 1.29 bits per heavy atom. The molecular formula is C20H24N4O4. The Bertz CT molecular complexity index is 715. The first-order valence-electron chi connectivity index (χ1n) is 8.98. The van der Waals surface area contributed by atoms with Crippen LogP contribution in [0.3, 0.4) is 0 Å². The molecule has 8 nitrogen and oxygen atoms in total. The third-order valence-corrected chi connectivity index (χ3v) is 3.91. The number of hydrogen-bond donors (Lipinski definition) is 5. The average molecular weight is 384 g/mol. The number of hydroxylamine groups is 1. The first kappa shape index (κ1) is 21.1. The van der Waals surface area contributed by atoms with Crippen LogP contribution in [0.25, 0.3) is 0 Å². The second kappa shape index (κ2) is 11.5. The Hall–Kier alpha value is -3.23. The van der Waals surface area contributed by atoms with Gasteiger partial charge in [-0.1, -0.05) is 36.4 Å². The van der Waals surface area contributed by atoms with Crippen molar-refractivity contribution in [3.8, 4) is 0 Å². The van der Waals surface area contributed by atoms with Crippen LogP contribution in [-0.4, -0.2) is 35.5 Å². The molecule has 5 N–H and O–H groups in total. The van der Waals surface area contributed by atoms with E-state index in [2.05, 4.69) is 16.0 Å². The van der Waals surface area contributed by atoms with Crippen molar-refractivity contribution in [2.24, 2.45) is 0 Å². The maximum absolute atomic E-state index is 12.6. The van der Waals surface area contributed by atoms with Crippen LogP contribution in [0.15, 0.2) is 60.7 Å². The largest absolute Gasteiger partial charge is 0.324 e. The summed E-state index contributed by atoms with van der Waals surface area (Å²) in [5, 5.41) is 16.9. The highest BCUT2D eigenvalue weighted by molar-refractivity contribution is 6.14. The van der Waals surface area contributed by atoms with E-state index in [-0.39, 0.29) is 6.42 Å². The van der Waals surface area contributed by atoms with Crippen LogP contribution in [0, 0.1) is 0 Å². The Morgan fingerprint density at radius 3 is 1.75 bits per heavy atom. The number of anilines is 2. The minimum atomic E-state index is -1.10. The molecule has 8 heteroatoms. The molecule has 28 heavy (non-hydrogen) atoms. The summed E-state index contributed by atoms with van der Waals surface area (Å²) in [5.41, 5.74) is 2.75. The Morgan fingerprint density at radius 1 is 0.786 bits per heavy atom. The lowest BCUT2D eigenvalue weighted by Crippen LogP contribution is -2.49. The summed E-state index contributed by atoms with van der Waals surface area (Å²) in [4.78, 5) is 36.3. The minimum absolute atomic E-state index is 0.162. The maximum Gasteiger partial charge on any atom is 0.251 e. The first-order valence-corrected chi connectivity index (χ1v) is 8.98. The lowest BCUT2D eigenvalue weighted by molar-refractivity contribution is -0.129. The fourth-order valence-corrected chi connectivity index (χ4v) is 2.49. The van der Waals surface area contributed by atoms with E-state index in [0.717, 1.165) is 0 Å². The van der Waals surface area contributed by atoms with Crippen molar-refractivity contribution >= 4 is 29.1 Å². The van der Waals surface area contributed by atoms with Crippen LogP contribution in [0.2, 0.25) is 0 Å². The van der Waals surface area contributed by atoms with Crippen molar-refractivity contribution in [2.45, 2.75) is 25.3 Å². The molecule has 0 bridgehead atoms. The summed E-state index contributed by atoms with van der Waals surface area (Å²) < 4.78 is 0. The molecule has 0 aliphatic rings. The average Bonchev–Trinajstić information content (AvgIpc) is 2.71. The van der Waals surface area contributed by atoms with Crippen molar-refractivity contribution < 1.29 is 19.6 Å². The van der Waals surface area contributed by atoms with Gasteiger partial charge in [-0.2, -0.15) is 0 Å². The molecule has 3 amide bonds. The van der Waals surface area contributed by atoms with Gasteiger partial charge in [0.2, 0.25) is 5.91 Å². The van der Waals surface area contributed by atoms with Gasteiger partial charge in [0.25, 0.3) is 11.8 Å². The number of rotatable bonds is 10. The topological polar surface area (TPSA) is 120 Å². The van der Waals surface area contributed by atoms with Gasteiger partial charge in [-0.15, -0.1) is 0 Å². The molecule has 0 aromatic heterocycles. The number of hydrogen-bond acceptors (Lipinski definition) is 5. The Balaban J connectivity index is 1.96. The number of carbonyl (C=O) groups excluding carboxylic acids is 3. The van der Waals surface area contributed by atoms with Gasteiger partial charge >= 0.3 is 0 Å². The van der Waals surface area contributed by atoms with E-state index in [4.69, 9.17) is 5.21 Å². The Labute approximate surface area is 163 Å². The van der Waals surface area contributed by atoms with Crippen LogP contribution in [0.5, 0.6) is 0 Å². The highest BCUT2D eigenvalue weighted by Gasteiger charge is 2.26. The van der Waals surface area contributed by atoms with E-state index in [0.29, 0.717) is 30.8 Å². The molecule has 0 aliphatic carbocycles. The molecule has 0 atom stereocenters. The predicted octanol–water partition coefficient (Wildman–Crippen LogP) is 1.90. The van der Waals surface area contributed by atoms with Gasteiger partial charge in [0.05, 0.1) is 0 Å². The molecule has 0 saturated heterocycles. The molecule has 2 rings (SSSR count). The highest BCUT2D eigenvalue weighted by atomic mass is 16.5. The van der Waals surface area contributed by atoms with Crippen LogP contribution >= 0.6 is 0 Å². The van der Waals surface area contributed by atoms with Crippen LogP contribution in [-0.2, 0) is 14.4 Å². The normalized spacial score (nSPS) is 10.4. The summed E-state index contributed by atoms with van der Waals surface area (Å²) >= 11 is 0. The van der Waals surface area contributed by atoms with Crippen molar-refractivity contribution in [1.29, 1.82) is 0 Å². The molecule has 2 aromatic carbocycles. The zero-order chi connectivity index (χ0) is 20.2. The number of nitrogens with one attached hydrogen (secondary N) is 4. The number of carbonyl (C=O) groups is 3. The number of amides is 3. The van der Waals surface area contributed by atoms with E-state index in [1.165, 1.54) is 0 Å². The van der Waals surface area contributed by atoms with Gasteiger partial charge in [0.1, 0.15) is 0 Å². The zero-order valence-electron chi connectivity index (χ0n) is 15.4. The minimum Gasteiger partial charge on any atom is -0.324 e. The molecule has 0 heterocycles. The summed E-state index contributed by atoms with van der Waals surface area (Å²) in [7, 11) is 0. The second-order valence-corrected chi connectivity index (χ2v) is 6.09. The standard InChI is InChI=1S/C20H24N4O4/c25-17(24-28)13-7-8-14-21-18(19(26)22-15-9-3-1-4-10-15)20(27)23-16-11-5-2-6-12-16/h1-6,9-12,18,21,28H,7-8,13-14H2,(H,22,26)(H,23,27)(H,24,25). The van der Waals surface area contributed by atoms with Crippen LogP contribution in [0.4, 0.5) is 11.4 Å². The monoisotopic (exact) mass is 384 g/mol. The number of para-hydroxylation sites is 2. The lowest BCUT2D eigenvalue weighted by atomic mass is 10.2. The summed E-state index contributed by atoms with van der Waals surface area (Å²) in [6.07, 6.45) is 1.23. The molecule has 0 spiro atoms. The summed E-state index contributed by atoms with van der Waals surface area (Å²) in [6, 6.07) is 16.6. The molecule has 0 fully saturated rings. The van der Waals surface area contributed by atoms with Crippen molar-refractivity contribution in [3.63, 3.8) is 0 Å². The molecule has 0 saturated carbocycles. The van der Waals surface area contributed by atoms with Crippen molar-refractivity contribution in [3.05, 3.63) is 60.7 Å². The van der Waals surface area contributed by atoms with Crippen LogP contribution < -0.4 is 21.4 Å². The quantitative estimate of drug-likeness (QED) is 0.185. The molecule has 0 aliphatic heterocycles. The smallest absolute Gasteiger partial charge is 0.251 e. The fraction of sp³-hybridized carbons (Fsp3) is 0.250. The third-order valence-electron chi connectivity index (χ3n) is 3.91. The van der Waals surface area contributed by atoms with E-state index in [1.54, 1.807) is 54.0 Å². The first-order chi connectivity index (χ1) is 13.6. The van der Waals surface area contributed by atoms with E-state index >= 15 is 0 Å². The Kier molecular flexibility index (Phi) is 8.64. The van der Waals surface area contributed by atoms with E-state index in [9.17, 15) is 14.4 Å². The summed E-state index contributed by atoms with van der Waals surface area (Å²) in [6.45, 7) is 0.355. The maximum atomic E-state index is 12.6. The zero-order valence-corrected chi connectivity index (χ0v) is 15.4. The predicted molar refractivity (Wildman–Crippen MR) is 106 cm³/mol. The van der Waals surface area contributed by atoms with Crippen LogP contribution in [0.1, 0.15) is 19.3 Å². The van der Waals surface area contributed by atoms with Crippen molar-refractivity contribution in [1.82, 2.24) is 10.8 Å². The van der Waals surface area contributed by atoms with Gasteiger partial charge in [-0.3, -0.25) is 24.9 Å². The van der Waals surface area contributed by atoms with Gasteiger partial charge in [0.15, 0.2) is 6.04 Å². The van der Waals surface area contributed by atoms with Gasteiger partial charge in [-0.05, 0) is 43.7 Å². The van der Waals surface area contributed by atoms with E-state index < -0.39 is 23.8 Å². The number of benzene rings is 2. The highest BCUT2D eigenvalue weighted by Crippen LogP contribution is 2.09. The fourth-order valence-electron chi connectivity index (χ4n) is 2.49. The summed E-state index contributed by atoms with van der Waals surface area (Å²) in [5.74, 6) is -1.43. The van der Waals surface area contributed by atoms with Gasteiger partial charge in [0, 0.05) is 17.8 Å². The van der Waals surface area contributed by atoms with Gasteiger partial charge < -0.3 is 10.6 Å². The van der Waals surface area contributed by atoms with Gasteiger partial charge in [-0.25, -0.2) is 5.48 Å². The van der Waals surface area contributed by atoms with E-state index in [1.807, 2.05) is 12.1 Å². The number of unbranched alkanes of at least 4 members (excludes halogenated alkanes) is 1. The molecular weight excluding hydrogens is 360 g/mol. The lowest BCUT2D eigenvalue weighted by Gasteiger charge is -2.18. The second-order valence-electron chi connectivity index (χ2n) is 6.09. The molecule has 0 unspecified atom stereocenters. The van der Waals surface area contributed by atoms with Crippen molar-refractivity contribution in [2.75, 3.05) is 17.2 Å². The molecule has 0 radical (unpaired) electrons. The SMILES string of the molecule is O=C(CCCCNC(C(=O)Nc1ccccc1)C(=O)Nc1ccccc1)NO. The third kappa shape index (κ3) is 7.18.